The molecule has 1 aliphatic rings. The van der Waals surface area contributed by atoms with E-state index in [1.165, 1.54) is 0 Å². The van der Waals surface area contributed by atoms with Gasteiger partial charge in [-0.3, -0.25) is 9.59 Å². The summed E-state index contributed by atoms with van der Waals surface area (Å²) in [7, 11) is 1.58. The summed E-state index contributed by atoms with van der Waals surface area (Å²) in [5.41, 5.74) is 2.29. The Morgan fingerprint density at radius 3 is 2.71 bits per heavy atom. The van der Waals surface area contributed by atoms with Gasteiger partial charge in [-0.2, -0.15) is 0 Å². The maximum Gasteiger partial charge on any atom is 0.266 e. The fraction of sp³-hybridized carbons (Fsp3) is 0.222. The van der Waals surface area contributed by atoms with Crippen molar-refractivity contribution in [1.29, 1.82) is 0 Å². The molecule has 0 unspecified atom stereocenters. The quantitative estimate of drug-likeness (QED) is 0.906. The molecule has 0 saturated heterocycles. The molecular weight excluding hydrogens is 308 g/mol. The Morgan fingerprint density at radius 2 is 2.00 bits per heavy atom. The first-order chi connectivity index (χ1) is 11.5. The lowest BCUT2D eigenvalue weighted by Crippen LogP contribution is -2.39. The lowest BCUT2D eigenvalue weighted by Gasteiger charge is -2.25. The Morgan fingerprint density at radius 1 is 1.25 bits per heavy atom. The largest absolute Gasteiger partial charge is 0.497 e. The Balaban J connectivity index is 1.63. The van der Waals surface area contributed by atoms with Crippen LogP contribution in [0.2, 0.25) is 0 Å². The van der Waals surface area contributed by atoms with Gasteiger partial charge in [0.25, 0.3) is 5.91 Å². The fourth-order valence-corrected chi connectivity index (χ4v) is 2.45. The van der Waals surface area contributed by atoms with Gasteiger partial charge in [-0.1, -0.05) is 6.07 Å². The first kappa shape index (κ1) is 15.9. The van der Waals surface area contributed by atoms with E-state index in [0.717, 1.165) is 5.56 Å². The molecule has 124 valence electrons. The summed E-state index contributed by atoms with van der Waals surface area (Å²) in [4.78, 5) is 24.3. The Hall–Kier alpha value is -3.02. The van der Waals surface area contributed by atoms with Crippen LogP contribution in [0.3, 0.4) is 0 Å². The molecular formula is C18H18N2O4. The van der Waals surface area contributed by atoms with Crippen molar-refractivity contribution in [1.82, 2.24) is 0 Å². The SMILES string of the molecule is COc1ccc(NC(=O)C[C@H]2Oc3ccc(C)cc3NC2=O)cc1. The van der Waals surface area contributed by atoms with Crippen LogP contribution in [0.5, 0.6) is 11.5 Å². The molecule has 6 nitrogen and oxygen atoms in total. The Kier molecular flexibility index (Phi) is 4.37. The van der Waals surface area contributed by atoms with Gasteiger partial charge < -0.3 is 20.1 Å². The molecule has 3 rings (SSSR count). The number of fused-ring (bicyclic) bond motifs is 1. The van der Waals surface area contributed by atoms with Crippen LogP contribution in [-0.4, -0.2) is 25.0 Å². The zero-order valence-corrected chi connectivity index (χ0v) is 13.5. The molecule has 0 aromatic heterocycles. The monoisotopic (exact) mass is 326 g/mol. The third kappa shape index (κ3) is 3.48. The smallest absolute Gasteiger partial charge is 0.266 e. The van der Waals surface area contributed by atoms with E-state index in [1.54, 1.807) is 37.4 Å². The van der Waals surface area contributed by atoms with E-state index in [-0.39, 0.29) is 18.2 Å². The van der Waals surface area contributed by atoms with E-state index in [4.69, 9.17) is 9.47 Å². The van der Waals surface area contributed by atoms with Crippen molar-refractivity contribution < 1.29 is 19.1 Å². The van der Waals surface area contributed by atoms with E-state index in [0.29, 0.717) is 22.9 Å². The number of ether oxygens (including phenoxy) is 2. The zero-order chi connectivity index (χ0) is 17.1. The predicted molar refractivity (Wildman–Crippen MR) is 90.5 cm³/mol. The summed E-state index contributed by atoms with van der Waals surface area (Å²) < 4.78 is 10.7. The molecule has 2 aromatic carbocycles. The van der Waals surface area contributed by atoms with Crippen LogP contribution in [-0.2, 0) is 9.59 Å². The minimum Gasteiger partial charge on any atom is -0.497 e. The van der Waals surface area contributed by atoms with Crippen LogP contribution in [0.1, 0.15) is 12.0 Å². The highest BCUT2D eigenvalue weighted by Crippen LogP contribution is 2.31. The number of hydrogen-bond acceptors (Lipinski definition) is 4. The molecule has 0 aliphatic carbocycles. The number of carbonyl (C=O) groups excluding carboxylic acids is 2. The average Bonchev–Trinajstić information content (AvgIpc) is 2.56. The van der Waals surface area contributed by atoms with Crippen LogP contribution >= 0.6 is 0 Å². The molecule has 0 radical (unpaired) electrons. The molecule has 24 heavy (non-hydrogen) atoms. The number of nitrogens with one attached hydrogen (secondary N) is 2. The number of anilines is 2. The number of hydrogen-bond donors (Lipinski definition) is 2. The molecule has 6 heteroatoms. The topological polar surface area (TPSA) is 76.7 Å². The van der Waals surface area contributed by atoms with Crippen molar-refractivity contribution in [2.45, 2.75) is 19.4 Å². The summed E-state index contributed by atoms with van der Waals surface area (Å²) in [6.07, 6.45) is -0.913. The van der Waals surface area contributed by atoms with Crippen molar-refractivity contribution in [3.8, 4) is 11.5 Å². The first-order valence-corrected chi connectivity index (χ1v) is 7.57. The first-order valence-electron chi connectivity index (χ1n) is 7.57. The average molecular weight is 326 g/mol. The summed E-state index contributed by atoms with van der Waals surface area (Å²) in [5.74, 6) is 0.659. The van der Waals surface area contributed by atoms with Crippen molar-refractivity contribution in [2.24, 2.45) is 0 Å². The highest BCUT2D eigenvalue weighted by molar-refractivity contribution is 6.02. The van der Waals surface area contributed by atoms with E-state index in [2.05, 4.69) is 10.6 Å². The van der Waals surface area contributed by atoms with Crippen molar-refractivity contribution in [3.05, 3.63) is 48.0 Å². The van der Waals surface area contributed by atoms with Crippen molar-refractivity contribution in [2.75, 3.05) is 17.7 Å². The minimum absolute atomic E-state index is 0.0643. The van der Waals surface area contributed by atoms with Gasteiger partial charge in [0, 0.05) is 5.69 Å². The Labute approximate surface area is 139 Å². The van der Waals surface area contributed by atoms with Crippen molar-refractivity contribution in [3.63, 3.8) is 0 Å². The number of aryl methyl sites for hydroxylation is 1. The van der Waals surface area contributed by atoms with Gasteiger partial charge in [0.15, 0.2) is 6.10 Å². The third-order valence-electron chi connectivity index (χ3n) is 3.70. The number of rotatable bonds is 4. The summed E-state index contributed by atoms with van der Waals surface area (Å²) in [6, 6.07) is 12.5. The predicted octanol–water partition coefficient (Wildman–Crippen LogP) is 2.73. The van der Waals surface area contributed by atoms with E-state index in [9.17, 15) is 9.59 Å². The third-order valence-corrected chi connectivity index (χ3v) is 3.70. The van der Waals surface area contributed by atoms with E-state index >= 15 is 0 Å². The number of carbonyl (C=O) groups is 2. The molecule has 2 aromatic rings. The summed E-state index contributed by atoms with van der Waals surface area (Å²) in [5, 5.41) is 5.51. The lowest BCUT2D eigenvalue weighted by atomic mass is 10.1. The fourth-order valence-electron chi connectivity index (χ4n) is 2.45. The van der Waals surface area contributed by atoms with Gasteiger partial charge in [0.2, 0.25) is 5.91 Å². The van der Waals surface area contributed by atoms with Crippen LogP contribution in [0.25, 0.3) is 0 Å². The summed E-state index contributed by atoms with van der Waals surface area (Å²) >= 11 is 0. The van der Waals surface area contributed by atoms with Gasteiger partial charge in [-0.25, -0.2) is 0 Å². The van der Waals surface area contributed by atoms with Gasteiger partial charge in [0.05, 0.1) is 19.2 Å². The zero-order valence-electron chi connectivity index (χ0n) is 13.5. The van der Waals surface area contributed by atoms with Gasteiger partial charge in [-0.05, 0) is 48.9 Å². The van der Waals surface area contributed by atoms with Crippen molar-refractivity contribution >= 4 is 23.2 Å². The minimum atomic E-state index is -0.849. The second-order valence-electron chi connectivity index (χ2n) is 5.58. The molecule has 0 bridgehead atoms. The van der Waals surface area contributed by atoms with Gasteiger partial charge >= 0.3 is 0 Å². The second-order valence-corrected chi connectivity index (χ2v) is 5.58. The van der Waals surface area contributed by atoms with Crippen LogP contribution in [0.4, 0.5) is 11.4 Å². The maximum atomic E-state index is 12.1. The molecule has 2 amide bonds. The summed E-state index contributed by atoms with van der Waals surface area (Å²) in [6.45, 7) is 1.93. The van der Waals surface area contributed by atoms with E-state index in [1.807, 2.05) is 19.1 Å². The van der Waals surface area contributed by atoms with E-state index < -0.39 is 6.10 Å². The molecule has 1 atom stereocenters. The van der Waals surface area contributed by atoms with Crippen LogP contribution < -0.4 is 20.1 Å². The molecule has 2 N–H and O–H groups in total. The maximum absolute atomic E-state index is 12.1. The van der Waals surface area contributed by atoms with Gasteiger partial charge in [0.1, 0.15) is 11.5 Å². The molecule has 1 aliphatic heterocycles. The van der Waals surface area contributed by atoms with Crippen LogP contribution in [0, 0.1) is 6.92 Å². The normalized spacial score (nSPS) is 15.8. The van der Waals surface area contributed by atoms with Crippen LogP contribution in [0.15, 0.2) is 42.5 Å². The molecule has 0 saturated carbocycles. The molecule has 0 fully saturated rings. The highest BCUT2D eigenvalue weighted by Gasteiger charge is 2.29. The standard InChI is InChI=1S/C18H18N2O4/c1-11-3-8-15-14(9-11)20-18(22)16(24-15)10-17(21)19-12-4-6-13(23-2)7-5-12/h3-9,16H,10H2,1-2H3,(H,19,21)(H,20,22)/t16-/m1/s1. The molecule has 1 heterocycles. The van der Waals surface area contributed by atoms with Gasteiger partial charge in [-0.15, -0.1) is 0 Å². The second kappa shape index (κ2) is 6.62. The number of methoxy groups -OCH3 is 1. The number of benzene rings is 2. The lowest BCUT2D eigenvalue weighted by molar-refractivity contribution is -0.128. The Bertz CT molecular complexity index is 771. The molecule has 0 spiro atoms. The highest BCUT2D eigenvalue weighted by atomic mass is 16.5. The number of amides is 2.